The second-order valence-electron chi connectivity index (χ2n) is 4.10. The first-order valence-electron chi connectivity index (χ1n) is 5.13. The van der Waals surface area contributed by atoms with Crippen LogP contribution in [0, 0.1) is 6.92 Å². The summed E-state index contributed by atoms with van der Waals surface area (Å²) < 4.78 is 0.987. The molecule has 88 valence electrons. The molecule has 1 aromatic rings. The summed E-state index contributed by atoms with van der Waals surface area (Å²) in [5.74, 6) is 0.0480. The molecule has 1 amide bonds. The summed E-state index contributed by atoms with van der Waals surface area (Å²) in [7, 11) is 3.48. The van der Waals surface area contributed by atoms with E-state index in [1.807, 2.05) is 25.1 Å². The molecule has 0 radical (unpaired) electrons. The van der Waals surface area contributed by atoms with Gasteiger partial charge in [-0.1, -0.05) is 22.0 Å². The summed E-state index contributed by atoms with van der Waals surface area (Å²) >= 11 is 3.41. The number of nitrogens with zero attached hydrogens (tertiary/aromatic N) is 1. The van der Waals surface area contributed by atoms with Crippen LogP contribution in [0.15, 0.2) is 22.7 Å². The highest BCUT2D eigenvalue weighted by Crippen LogP contribution is 2.23. The van der Waals surface area contributed by atoms with Crippen LogP contribution in [0.25, 0.3) is 0 Å². The Kier molecular flexibility index (Phi) is 4.50. The van der Waals surface area contributed by atoms with Crippen molar-refractivity contribution < 1.29 is 4.79 Å². The lowest BCUT2D eigenvalue weighted by molar-refractivity contribution is -0.129. The lowest BCUT2D eigenvalue weighted by Crippen LogP contribution is -2.26. The van der Waals surface area contributed by atoms with E-state index in [1.54, 1.807) is 19.0 Å². The molecule has 1 unspecified atom stereocenters. The molecule has 0 saturated carbocycles. The second-order valence-corrected chi connectivity index (χ2v) is 5.02. The Bertz CT molecular complexity index is 391. The maximum atomic E-state index is 11.6. The fraction of sp³-hybridized carbons (Fsp3) is 0.417. The lowest BCUT2D eigenvalue weighted by atomic mass is 9.99. The van der Waals surface area contributed by atoms with E-state index in [-0.39, 0.29) is 11.9 Å². The molecular formula is C12H17BrN2O. The van der Waals surface area contributed by atoms with E-state index >= 15 is 0 Å². The second kappa shape index (κ2) is 5.46. The molecule has 0 aliphatic rings. The van der Waals surface area contributed by atoms with Gasteiger partial charge in [-0.2, -0.15) is 0 Å². The monoisotopic (exact) mass is 284 g/mol. The minimum atomic E-state index is -0.243. The Morgan fingerprint density at radius 3 is 2.69 bits per heavy atom. The molecule has 0 saturated heterocycles. The molecular weight excluding hydrogens is 268 g/mol. The molecule has 0 bridgehead atoms. The van der Waals surface area contributed by atoms with Crippen LogP contribution in [0.3, 0.4) is 0 Å². The number of rotatable bonds is 3. The van der Waals surface area contributed by atoms with Crippen molar-refractivity contribution in [3.63, 3.8) is 0 Å². The van der Waals surface area contributed by atoms with Crippen LogP contribution in [-0.4, -0.2) is 24.9 Å². The minimum absolute atomic E-state index is 0.0480. The average Bonchev–Trinajstić information content (AvgIpc) is 2.21. The van der Waals surface area contributed by atoms with Gasteiger partial charge in [-0.05, 0) is 30.2 Å². The topological polar surface area (TPSA) is 46.3 Å². The molecule has 0 heterocycles. The number of amides is 1. The fourth-order valence-electron chi connectivity index (χ4n) is 1.49. The molecule has 0 spiro atoms. The summed E-state index contributed by atoms with van der Waals surface area (Å²) in [6.07, 6.45) is 0.338. The van der Waals surface area contributed by atoms with E-state index in [4.69, 9.17) is 5.73 Å². The van der Waals surface area contributed by atoms with Crippen LogP contribution < -0.4 is 5.73 Å². The number of hydrogen-bond acceptors (Lipinski definition) is 2. The van der Waals surface area contributed by atoms with E-state index in [9.17, 15) is 4.79 Å². The van der Waals surface area contributed by atoms with Gasteiger partial charge < -0.3 is 10.6 Å². The Labute approximate surface area is 105 Å². The number of hydrogen-bond donors (Lipinski definition) is 1. The number of nitrogens with two attached hydrogens (primary N) is 1. The van der Waals surface area contributed by atoms with Crippen molar-refractivity contribution in [3.8, 4) is 0 Å². The zero-order valence-corrected chi connectivity index (χ0v) is 11.4. The number of halogens is 1. The number of carbonyl (C=O) groups excluding carboxylic acids is 1. The Balaban J connectivity index is 2.84. The first-order valence-corrected chi connectivity index (χ1v) is 5.93. The summed E-state index contributed by atoms with van der Waals surface area (Å²) in [6, 6.07) is 5.70. The van der Waals surface area contributed by atoms with Gasteiger partial charge >= 0.3 is 0 Å². The third kappa shape index (κ3) is 3.32. The van der Waals surface area contributed by atoms with Crippen molar-refractivity contribution in [2.45, 2.75) is 19.4 Å². The first kappa shape index (κ1) is 13.2. The summed E-state index contributed by atoms with van der Waals surface area (Å²) in [6.45, 7) is 2.00. The number of carbonyl (C=O) groups is 1. The van der Waals surface area contributed by atoms with Crippen LogP contribution in [-0.2, 0) is 4.79 Å². The maximum Gasteiger partial charge on any atom is 0.223 e. The average molecular weight is 285 g/mol. The molecule has 0 aliphatic carbocycles. The smallest absolute Gasteiger partial charge is 0.223 e. The van der Waals surface area contributed by atoms with E-state index in [0.717, 1.165) is 15.6 Å². The highest BCUT2D eigenvalue weighted by Gasteiger charge is 2.15. The van der Waals surface area contributed by atoms with Crippen LogP contribution >= 0.6 is 15.9 Å². The summed E-state index contributed by atoms with van der Waals surface area (Å²) in [5, 5.41) is 0. The quantitative estimate of drug-likeness (QED) is 0.925. The van der Waals surface area contributed by atoms with E-state index < -0.39 is 0 Å². The third-order valence-corrected chi connectivity index (χ3v) is 3.03. The largest absolute Gasteiger partial charge is 0.349 e. The Morgan fingerprint density at radius 1 is 1.50 bits per heavy atom. The molecule has 2 N–H and O–H groups in total. The van der Waals surface area contributed by atoms with Crippen molar-refractivity contribution in [1.29, 1.82) is 0 Å². The van der Waals surface area contributed by atoms with Gasteiger partial charge in [0.25, 0.3) is 0 Å². The van der Waals surface area contributed by atoms with Crippen molar-refractivity contribution in [1.82, 2.24) is 4.90 Å². The van der Waals surface area contributed by atoms with Gasteiger partial charge in [0.05, 0.1) is 0 Å². The molecule has 1 rings (SSSR count). The van der Waals surface area contributed by atoms with Gasteiger partial charge in [0, 0.05) is 31.0 Å². The van der Waals surface area contributed by atoms with Gasteiger partial charge in [-0.15, -0.1) is 0 Å². The number of aryl methyl sites for hydroxylation is 1. The molecule has 0 fully saturated rings. The molecule has 3 nitrogen and oxygen atoms in total. The maximum absolute atomic E-state index is 11.6. The summed E-state index contributed by atoms with van der Waals surface area (Å²) in [5.41, 5.74) is 8.17. The highest BCUT2D eigenvalue weighted by molar-refractivity contribution is 9.10. The molecule has 1 atom stereocenters. The normalized spacial score (nSPS) is 12.3. The number of benzene rings is 1. The van der Waals surface area contributed by atoms with Gasteiger partial charge in [0.1, 0.15) is 0 Å². The SMILES string of the molecule is Cc1ccc(Br)cc1C(N)CC(=O)N(C)C. The lowest BCUT2D eigenvalue weighted by Gasteiger charge is -2.17. The predicted octanol–water partition coefficient (Wildman–Crippen LogP) is 2.24. The van der Waals surface area contributed by atoms with Crippen molar-refractivity contribution >= 4 is 21.8 Å². The highest BCUT2D eigenvalue weighted by atomic mass is 79.9. The van der Waals surface area contributed by atoms with E-state index in [1.165, 1.54) is 0 Å². The molecule has 1 aromatic carbocycles. The molecule has 0 aromatic heterocycles. The molecule has 0 aliphatic heterocycles. The Hall–Kier alpha value is -0.870. The van der Waals surface area contributed by atoms with Crippen LogP contribution in [0.1, 0.15) is 23.6 Å². The predicted molar refractivity (Wildman–Crippen MR) is 69.1 cm³/mol. The van der Waals surface area contributed by atoms with E-state index in [0.29, 0.717) is 6.42 Å². The fourth-order valence-corrected chi connectivity index (χ4v) is 1.87. The first-order chi connectivity index (χ1) is 7.41. The summed E-state index contributed by atoms with van der Waals surface area (Å²) in [4.78, 5) is 13.1. The van der Waals surface area contributed by atoms with Crippen LogP contribution in [0.5, 0.6) is 0 Å². The van der Waals surface area contributed by atoms with Crippen molar-refractivity contribution in [2.75, 3.05) is 14.1 Å². The van der Waals surface area contributed by atoms with Crippen molar-refractivity contribution in [2.24, 2.45) is 5.73 Å². The van der Waals surface area contributed by atoms with Gasteiger partial charge in [-0.25, -0.2) is 0 Å². The van der Waals surface area contributed by atoms with E-state index in [2.05, 4.69) is 15.9 Å². The minimum Gasteiger partial charge on any atom is -0.349 e. The standard InChI is InChI=1S/C12H17BrN2O/c1-8-4-5-9(13)6-10(8)11(14)7-12(16)15(2)3/h4-6,11H,7,14H2,1-3H3. The van der Waals surface area contributed by atoms with Gasteiger partial charge in [-0.3, -0.25) is 4.79 Å². The van der Waals surface area contributed by atoms with Crippen LogP contribution in [0.2, 0.25) is 0 Å². The zero-order valence-electron chi connectivity index (χ0n) is 9.83. The third-order valence-electron chi connectivity index (χ3n) is 2.53. The molecule has 16 heavy (non-hydrogen) atoms. The molecule has 4 heteroatoms. The van der Waals surface area contributed by atoms with Crippen LogP contribution in [0.4, 0.5) is 0 Å². The Morgan fingerprint density at radius 2 is 2.12 bits per heavy atom. The van der Waals surface area contributed by atoms with Gasteiger partial charge in [0.15, 0.2) is 0 Å². The van der Waals surface area contributed by atoms with Gasteiger partial charge in [0.2, 0.25) is 5.91 Å². The zero-order chi connectivity index (χ0) is 12.3. The van der Waals surface area contributed by atoms with Crippen molar-refractivity contribution in [3.05, 3.63) is 33.8 Å².